The Morgan fingerprint density at radius 1 is 0.133 bits per heavy atom. The summed E-state index contributed by atoms with van der Waals surface area (Å²) in [6.07, 6.45) is 0. The molecule has 6 heteroatoms. The van der Waals surface area contributed by atoms with E-state index < -0.39 is 16.1 Å². The van der Waals surface area contributed by atoms with Crippen molar-refractivity contribution >= 4 is 136 Å². The standard InChI is InChI=1S/C60H43NOSi.C54H39NOSi/c1-5-15-44(16-6-1)45-25-27-46(28-26-45)47-29-35-50(36-30-47)61(52-39-42-58-57-23-13-14-24-59(57)62-60(58)43-52)51-37-31-48(32-38-51)49-33-40-56(41-34-49)63(53-17-7-2-8-18-53,54-19-9-3-10-20-54)55-21-11-4-12-22-55;1-5-15-40(16-6-1)41-25-31-44(32-26-41)55(46-35-38-52-51-23-13-14-24-53(51)56-54(52)39-46)45-33-27-42(28-34-45)43-29-36-50(37-30-43)57(47-17-7-2-8-18-47,48-19-9-3-10-20-48)49-21-11-4-12-22-49/h1-43H;1-39H. The summed E-state index contributed by atoms with van der Waals surface area (Å²) in [6.45, 7) is 0. The van der Waals surface area contributed by atoms with Gasteiger partial charge in [-0.25, -0.2) is 0 Å². The van der Waals surface area contributed by atoms with Gasteiger partial charge >= 0.3 is 0 Å². The van der Waals surface area contributed by atoms with Gasteiger partial charge in [0.2, 0.25) is 0 Å². The highest BCUT2D eigenvalue weighted by molar-refractivity contribution is 7.20. The number of fused-ring (bicyclic) bond motifs is 6. The molecule has 2 aromatic heterocycles. The number of hydrogen-bond donors (Lipinski definition) is 0. The van der Waals surface area contributed by atoms with Crippen LogP contribution in [0.3, 0.4) is 0 Å². The van der Waals surface area contributed by atoms with Gasteiger partial charge < -0.3 is 18.6 Å². The van der Waals surface area contributed by atoms with Crippen molar-refractivity contribution in [2.75, 3.05) is 9.80 Å². The summed E-state index contributed by atoms with van der Waals surface area (Å²) in [5.41, 5.74) is 21.7. The number of nitrogens with zero attached hydrogens (tertiary/aromatic N) is 2. The van der Waals surface area contributed by atoms with Gasteiger partial charge in [-0.15, -0.1) is 0 Å². The maximum atomic E-state index is 6.40. The van der Waals surface area contributed by atoms with Crippen molar-refractivity contribution in [3.05, 3.63) is 497 Å². The Balaban J connectivity index is 0.000000154. The van der Waals surface area contributed by atoms with E-state index in [1.165, 1.54) is 97.1 Å². The number of benzene rings is 19. The summed E-state index contributed by atoms with van der Waals surface area (Å²) in [4.78, 5) is 4.63. The second-order valence-electron chi connectivity index (χ2n) is 30.6. The van der Waals surface area contributed by atoms with E-state index in [1.54, 1.807) is 0 Å². The van der Waals surface area contributed by atoms with Crippen molar-refractivity contribution in [3.63, 3.8) is 0 Å². The fourth-order valence-electron chi connectivity index (χ4n) is 17.9. The highest BCUT2D eigenvalue weighted by atomic mass is 28.3. The van der Waals surface area contributed by atoms with E-state index in [2.05, 4.69) is 483 Å². The topological polar surface area (TPSA) is 32.8 Å². The lowest BCUT2D eigenvalue weighted by Crippen LogP contribution is -2.74. The average Bonchev–Trinajstić information content (AvgIpc) is 0.961. The van der Waals surface area contributed by atoms with Crippen LogP contribution in [0.4, 0.5) is 34.1 Å². The fraction of sp³-hybridized carbons (Fsp3) is 0. The molecule has 0 fully saturated rings. The number of rotatable bonds is 19. The van der Waals surface area contributed by atoms with E-state index in [0.29, 0.717) is 0 Å². The molecule has 2 heterocycles. The second-order valence-corrected chi connectivity index (χ2v) is 38.2. The molecule has 0 spiro atoms. The molecule has 0 bridgehead atoms. The van der Waals surface area contributed by atoms with E-state index in [1.807, 2.05) is 24.3 Å². The molecular weight excluding hydrogens is 1490 g/mol. The second kappa shape index (κ2) is 32.8. The minimum absolute atomic E-state index is 0.867. The van der Waals surface area contributed by atoms with Gasteiger partial charge in [0.05, 0.1) is 0 Å². The first kappa shape index (κ1) is 73.7. The van der Waals surface area contributed by atoms with Crippen molar-refractivity contribution in [1.82, 2.24) is 0 Å². The van der Waals surface area contributed by atoms with Crippen LogP contribution in [0, 0.1) is 0 Å². The van der Waals surface area contributed by atoms with Gasteiger partial charge in [0.25, 0.3) is 0 Å². The van der Waals surface area contributed by atoms with Crippen molar-refractivity contribution in [1.29, 1.82) is 0 Å². The Morgan fingerprint density at radius 2 is 0.308 bits per heavy atom. The first-order valence-corrected chi connectivity index (χ1v) is 45.1. The van der Waals surface area contributed by atoms with E-state index in [9.17, 15) is 0 Å². The molecule has 0 atom stereocenters. The zero-order valence-electron chi connectivity index (χ0n) is 66.1. The van der Waals surface area contributed by atoms with Gasteiger partial charge in [0, 0.05) is 67.8 Å². The van der Waals surface area contributed by atoms with Gasteiger partial charge in [-0.1, -0.05) is 400 Å². The Hall–Kier alpha value is -15.2. The predicted octanol–water partition coefficient (Wildman–Crippen LogP) is 25.2. The van der Waals surface area contributed by atoms with Crippen LogP contribution >= 0.6 is 0 Å². The van der Waals surface area contributed by atoms with Gasteiger partial charge in [-0.2, -0.15) is 0 Å². The molecule has 120 heavy (non-hydrogen) atoms. The summed E-state index contributed by atoms with van der Waals surface area (Å²) < 4.78 is 12.8. The lowest BCUT2D eigenvalue weighted by atomic mass is 10.00. The number of hydrogen-bond acceptors (Lipinski definition) is 4. The predicted molar refractivity (Wildman–Crippen MR) is 511 cm³/mol. The minimum Gasteiger partial charge on any atom is -0.456 e. The normalized spacial score (nSPS) is 11.5. The molecule has 0 amide bonds. The van der Waals surface area contributed by atoms with Crippen LogP contribution in [0.2, 0.25) is 0 Å². The number of furan rings is 2. The lowest BCUT2D eigenvalue weighted by molar-refractivity contribution is 0.668. The summed E-state index contributed by atoms with van der Waals surface area (Å²) in [6, 6.07) is 180. The maximum Gasteiger partial charge on any atom is 0.179 e. The zero-order valence-corrected chi connectivity index (χ0v) is 68.1. The zero-order chi connectivity index (χ0) is 80.0. The maximum absolute atomic E-state index is 6.40. The molecule has 0 radical (unpaired) electrons. The van der Waals surface area contributed by atoms with E-state index >= 15 is 0 Å². The van der Waals surface area contributed by atoms with Crippen molar-refractivity contribution in [3.8, 4) is 55.6 Å². The van der Waals surface area contributed by atoms with Gasteiger partial charge in [-0.05, 0) is 182 Å². The Kier molecular flexibility index (Phi) is 20.2. The van der Waals surface area contributed by atoms with Crippen LogP contribution in [-0.4, -0.2) is 16.1 Å². The monoisotopic (exact) mass is 1570 g/mol. The highest BCUT2D eigenvalue weighted by Gasteiger charge is 2.43. The third-order valence-electron chi connectivity index (χ3n) is 23.7. The van der Waals surface area contributed by atoms with Crippen LogP contribution < -0.4 is 51.3 Å². The molecule has 0 unspecified atom stereocenters. The molecule has 568 valence electrons. The third-order valence-corrected chi connectivity index (χ3v) is 33.3. The Bertz CT molecular complexity index is 6850. The number of para-hydroxylation sites is 2. The molecule has 21 rings (SSSR count). The van der Waals surface area contributed by atoms with Gasteiger partial charge in [-0.3, -0.25) is 0 Å². The lowest BCUT2D eigenvalue weighted by Gasteiger charge is -2.34. The van der Waals surface area contributed by atoms with E-state index in [-0.39, 0.29) is 0 Å². The van der Waals surface area contributed by atoms with Crippen LogP contribution in [0.15, 0.2) is 506 Å². The molecule has 0 saturated carbocycles. The summed E-state index contributed by atoms with van der Waals surface area (Å²) in [5, 5.41) is 15.4. The van der Waals surface area contributed by atoms with E-state index in [4.69, 9.17) is 8.83 Å². The van der Waals surface area contributed by atoms with Crippen molar-refractivity contribution in [2.45, 2.75) is 0 Å². The largest absolute Gasteiger partial charge is 0.456 e. The molecule has 0 aliphatic rings. The Morgan fingerprint density at radius 3 is 0.558 bits per heavy atom. The summed E-state index contributed by atoms with van der Waals surface area (Å²) in [7, 11) is -5.20. The van der Waals surface area contributed by atoms with Crippen LogP contribution in [0.1, 0.15) is 0 Å². The first-order valence-electron chi connectivity index (χ1n) is 41.1. The molecule has 0 saturated heterocycles. The van der Waals surface area contributed by atoms with Gasteiger partial charge in [0.15, 0.2) is 16.1 Å². The molecule has 0 N–H and O–H groups in total. The van der Waals surface area contributed by atoms with Crippen LogP contribution in [0.25, 0.3) is 99.5 Å². The molecule has 19 aromatic carbocycles. The van der Waals surface area contributed by atoms with Gasteiger partial charge in [0.1, 0.15) is 22.3 Å². The molecule has 0 aliphatic carbocycles. The van der Waals surface area contributed by atoms with Crippen molar-refractivity contribution in [2.24, 2.45) is 0 Å². The molecular formula is C114H82N2O2Si2. The summed E-state index contributed by atoms with van der Waals surface area (Å²) in [5.74, 6) is 0. The highest BCUT2D eigenvalue weighted by Crippen LogP contribution is 2.43. The average molecular weight is 1570 g/mol. The van der Waals surface area contributed by atoms with Crippen molar-refractivity contribution < 1.29 is 8.83 Å². The van der Waals surface area contributed by atoms with Crippen LogP contribution in [0.5, 0.6) is 0 Å². The third kappa shape index (κ3) is 14.1. The molecule has 4 nitrogen and oxygen atoms in total. The minimum atomic E-state index is -2.61. The van der Waals surface area contributed by atoms with E-state index in [0.717, 1.165) is 78.0 Å². The summed E-state index contributed by atoms with van der Waals surface area (Å²) >= 11 is 0. The molecule has 0 aliphatic heterocycles. The number of anilines is 6. The fourth-order valence-corrected chi connectivity index (χ4v) is 27.4. The Labute approximate surface area is 702 Å². The smallest absolute Gasteiger partial charge is 0.179 e. The SMILES string of the molecule is c1ccc(-c2ccc(-c3ccc(N(c4ccc(-c5ccc([Si](c6ccccc6)(c6ccccc6)c6ccccc6)cc5)cc4)c4ccc5c(c4)oc4ccccc45)cc3)cc2)cc1.c1ccc(-c2ccc(N(c3ccc(-c4ccc([Si](c5ccccc5)(c5ccccc5)c5ccccc5)cc4)cc3)c3ccc4c(c3)oc3ccccc34)cc2)cc1. The first-order chi connectivity index (χ1) is 59.5. The molecule has 21 aromatic rings. The van der Waals surface area contributed by atoms with Crippen LogP contribution in [-0.2, 0) is 0 Å². The quantitative estimate of drug-likeness (QED) is 0.0597.